The van der Waals surface area contributed by atoms with E-state index in [1.54, 1.807) is 23.1 Å². The van der Waals surface area contributed by atoms with Crippen molar-refractivity contribution in [1.29, 1.82) is 0 Å². The molecule has 4 nitrogen and oxygen atoms in total. The average molecular weight is 419 g/mol. The second-order valence-electron chi connectivity index (χ2n) is 7.36. The molecule has 0 aromatic heterocycles. The molecule has 0 fully saturated rings. The zero-order valence-electron chi connectivity index (χ0n) is 16.7. The number of halogens is 1. The van der Waals surface area contributed by atoms with Crippen molar-refractivity contribution in [1.82, 2.24) is 10.2 Å². The van der Waals surface area contributed by atoms with Crippen LogP contribution in [0.5, 0.6) is 0 Å². The normalized spacial score (nSPS) is 15.4. The first kappa shape index (κ1) is 20.2. The first-order valence-electron chi connectivity index (χ1n) is 10.1. The Bertz CT molecular complexity index is 1010. The molecule has 0 saturated carbocycles. The molecule has 1 aliphatic rings. The average Bonchev–Trinajstić information content (AvgIpc) is 3.05. The number of benzene rings is 3. The maximum atomic E-state index is 13.6. The van der Waals surface area contributed by atoms with Crippen molar-refractivity contribution >= 4 is 23.4 Å². The van der Waals surface area contributed by atoms with Crippen LogP contribution in [0.3, 0.4) is 0 Å². The van der Waals surface area contributed by atoms with Crippen molar-refractivity contribution < 1.29 is 9.59 Å². The number of carbonyl (C=O) groups excluding carboxylic acids is 2. The summed E-state index contributed by atoms with van der Waals surface area (Å²) >= 11 is 6.25. The van der Waals surface area contributed by atoms with Gasteiger partial charge >= 0.3 is 0 Å². The van der Waals surface area contributed by atoms with Gasteiger partial charge in [0.05, 0.1) is 6.04 Å². The second kappa shape index (κ2) is 8.72. The Morgan fingerprint density at radius 1 is 1.00 bits per heavy atom. The first-order chi connectivity index (χ1) is 14.6. The maximum Gasteiger partial charge on any atom is 0.255 e. The summed E-state index contributed by atoms with van der Waals surface area (Å²) in [5.41, 5.74) is 3.07. The fourth-order valence-corrected chi connectivity index (χ4v) is 4.20. The summed E-state index contributed by atoms with van der Waals surface area (Å²) in [6, 6.07) is 23.6. The number of nitrogens with zero attached hydrogens (tertiary/aromatic N) is 1. The summed E-state index contributed by atoms with van der Waals surface area (Å²) in [6.07, 6.45) is 0.815. The van der Waals surface area contributed by atoms with Crippen LogP contribution in [0.2, 0.25) is 5.02 Å². The lowest BCUT2D eigenvalue weighted by Gasteiger charge is -2.33. The van der Waals surface area contributed by atoms with E-state index in [9.17, 15) is 9.59 Å². The van der Waals surface area contributed by atoms with Crippen LogP contribution in [-0.4, -0.2) is 23.3 Å². The number of amides is 2. The van der Waals surface area contributed by atoms with Crippen molar-refractivity contribution in [2.45, 2.75) is 25.4 Å². The van der Waals surface area contributed by atoms with Crippen LogP contribution >= 0.6 is 11.6 Å². The van der Waals surface area contributed by atoms with Gasteiger partial charge in [0.2, 0.25) is 5.91 Å². The zero-order valence-corrected chi connectivity index (χ0v) is 17.5. The van der Waals surface area contributed by atoms with Gasteiger partial charge in [-0.25, -0.2) is 0 Å². The Balaban J connectivity index is 1.88. The highest BCUT2D eigenvalue weighted by molar-refractivity contribution is 6.31. The van der Waals surface area contributed by atoms with Gasteiger partial charge in [0.1, 0.15) is 6.04 Å². The number of carbonyl (C=O) groups is 2. The molecule has 1 unspecified atom stereocenters. The summed E-state index contributed by atoms with van der Waals surface area (Å²) in [5, 5.41) is 3.47. The molecule has 0 spiro atoms. The zero-order chi connectivity index (χ0) is 21.1. The minimum atomic E-state index is -0.747. The standard InChI is InChI=1S/C25H23ClN2O2/c1-2-15-27-24(29)23-21-16-19(26)13-14-20(21)25(30)28(23)22(17-9-5-3-6-10-17)18-11-7-4-8-12-18/h3-14,16,22-23H,2,15H2,1H3,(H,27,29). The third-order valence-corrected chi connectivity index (χ3v) is 5.59. The van der Waals surface area contributed by atoms with E-state index in [0.717, 1.165) is 17.5 Å². The molecule has 0 aliphatic carbocycles. The third kappa shape index (κ3) is 3.71. The Hall–Kier alpha value is -3.11. The predicted octanol–water partition coefficient (Wildman–Crippen LogP) is 5.15. The number of rotatable bonds is 6. The quantitative estimate of drug-likeness (QED) is 0.601. The molecule has 0 bridgehead atoms. The van der Waals surface area contributed by atoms with Gasteiger partial charge in [0.15, 0.2) is 0 Å². The third-order valence-electron chi connectivity index (χ3n) is 5.36. The van der Waals surface area contributed by atoms with Crippen LogP contribution < -0.4 is 5.32 Å². The highest BCUT2D eigenvalue weighted by Gasteiger charge is 2.45. The van der Waals surface area contributed by atoms with Gasteiger partial charge in [0.25, 0.3) is 5.91 Å². The number of fused-ring (bicyclic) bond motifs is 1. The molecule has 2 amide bonds. The number of hydrogen-bond donors (Lipinski definition) is 1. The number of nitrogens with one attached hydrogen (secondary N) is 1. The molecule has 1 atom stereocenters. The Morgan fingerprint density at radius 3 is 2.17 bits per heavy atom. The van der Waals surface area contributed by atoms with Crippen LogP contribution in [0.25, 0.3) is 0 Å². The van der Waals surface area contributed by atoms with Gasteiger partial charge in [-0.05, 0) is 41.3 Å². The van der Waals surface area contributed by atoms with Crippen LogP contribution in [0, 0.1) is 0 Å². The minimum absolute atomic E-state index is 0.170. The Kier molecular flexibility index (Phi) is 5.86. The van der Waals surface area contributed by atoms with Gasteiger partial charge in [-0.15, -0.1) is 0 Å². The highest BCUT2D eigenvalue weighted by atomic mass is 35.5. The fourth-order valence-electron chi connectivity index (χ4n) is 4.02. The summed E-state index contributed by atoms with van der Waals surface area (Å²) in [4.78, 5) is 28.5. The van der Waals surface area contributed by atoms with E-state index in [0.29, 0.717) is 22.7 Å². The maximum absolute atomic E-state index is 13.6. The van der Waals surface area contributed by atoms with E-state index < -0.39 is 12.1 Å². The lowest BCUT2D eigenvalue weighted by Crippen LogP contribution is -2.41. The summed E-state index contributed by atoms with van der Waals surface area (Å²) in [5.74, 6) is -0.362. The van der Waals surface area contributed by atoms with Crippen molar-refractivity contribution in [2.24, 2.45) is 0 Å². The molecule has 3 aromatic rings. The van der Waals surface area contributed by atoms with E-state index in [1.807, 2.05) is 67.6 Å². The SMILES string of the molecule is CCCNC(=O)C1c2cc(Cl)ccc2C(=O)N1C(c1ccccc1)c1ccccc1. The topological polar surface area (TPSA) is 49.4 Å². The summed E-state index contributed by atoms with van der Waals surface area (Å²) in [6.45, 7) is 2.55. The van der Waals surface area contributed by atoms with E-state index in [-0.39, 0.29) is 11.8 Å². The molecule has 1 N–H and O–H groups in total. The van der Waals surface area contributed by atoms with Crippen LogP contribution in [0.1, 0.15) is 52.5 Å². The van der Waals surface area contributed by atoms with Crippen molar-refractivity contribution in [3.05, 3.63) is 106 Å². The summed E-state index contributed by atoms with van der Waals surface area (Å²) in [7, 11) is 0. The molecule has 152 valence electrons. The molecule has 0 radical (unpaired) electrons. The summed E-state index contributed by atoms with van der Waals surface area (Å²) < 4.78 is 0. The van der Waals surface area contributed by atoms with Gasteiger partial charge in [0, 0.05) is 17.1 Å². The Labute approximate surface area is 181 Å². The molecule has 1 heterocycles. The highest BCUT2D eigenvalue weighted by Crippen LogP contribution is 2.43. The second-order valence-corrected chi connectivity index (χ2v) is 7.80. The molecule has 1 aliphatic heterocycles. The van der Waals surface area contributed by atoms with Gasteiger partial charge in [-0.3, -0.25) is 9.59 Å². The largest absolute Gasteiger partial charge is 0.354 e. The molecule has 4 rings (SSSR count). The van der Waals surface area contributed by atoms with Gasteiger partial charge in [-0.2, -0.15) is 0 Å². The fraction of sp³-hybridized carbons (Fsp3) is 0.200. The smallest absolute Gasteiger partial charge is 0.255 e. The minimum Gasteiger partial charge on any atom is -0.354 e. The van der Waals surface area contributed by atoms with Crippen LogP contribution in [-0.2, 0) is 4.79 Å². The number of hydrogen-bond acceptors (Lipinski definition) is 2. The molecular weight excluding hydrogens is 396 g/mol. The van der Waals surface area contributed by atoms with Gasteiger partial charge < -0.3 is 10.2 Å². The van der Waals surface area contributed by atoms with E-state index in [1.165, 1.54) is 0 Å². The van der Waals surface area contributed by atoms with E-state index >= 15 is 0 Å². The van der Waals surface area contributed by atoms with Crippen LogP contribution in [0.4, 0.5) is 0 Å². The van der Waals surface area contributed by atoms with Crippen molar-refractivity contribution in [3.8, 4) is 0 Å². The molecule has 5 heteroatoms. The molecule has 0 saturated heterocycles. The molecule has 3 aromatic carbocycles. The lowest BCUT2D eigenvalue weighted by atomic mass is 9.95. The monoisotopic (exact) mass is 418 g/mol. The Morgan fingerprint density at radius 2 is 1.60 bits per heavy atom. The lowest BCUT2D eigenvalue weighted by molar-refractivity contribution is -0.126. The van der Waals surface area contributed by atoms with E-state index in [4.69, 9.17) is 11.6 Å². The predicted molar refractivity (Wildman–Crippen MR) is 118 cm³/mol. The first-order valence-corrected chi connectivity index (χ1v) is 10.5. The van der Waals surface area contributed by atoms with Crippen molar-refractivity contribution in [3.63, 3.8) is 0 Å². The van der Waals surface area contributed by atoms with Crippen molar-refractivity contribution in [2.75, 3.05) is 6.54 Å². The molecule has 30 heavy (non-hydrogen) atoms. The molecular formula is C25H23ClN2O2. The van der Waals surface area contributed by atoms with Gasteiger partial charge in [-0.1, -0.05) is 79.2 Å². The van der Waals surface area contributed by atoms with E-state index in [2.05, 4.69) is 5.32 Å². The van der Waals surface area contributed by atoms with Crippen LogP contribution in [0.15, 0.2) is 78.9 Å².